The molecule has 8 saturated carbocycles. The summed E-state index contributed by atoms with van der Waals surface area (Å²) in [5.41, 5.74) is 24.4. The summed E-state index contributed by atoms with van der Waals surface area (Å²) in [6.45, 7) is 2.98. The predicted octanol–water partition coefficient (Wildman–Crippen LogP) is 12.6. The van der Waals surface area contributed by atoms with E-state index < -0.39 is 34.5 Å². The number of nitrogens with zero attached hydrogens (tertiary/aromatic N) is 12. The number of halogens is 1. The highest BCUT2D eigenvalue weighted by Gasteiger charge is 2.72. The summed E-state index contributed by atoms with van der Waals surface area (Å²) in [4.78, 5) is 111. The predicted molar refractivity (Wildman–Crippen MR) is 542 cm³/mol. The second kappa shape index (κ2) is 43.6. The number of hydrogen-bond donors (Lipinski definition) is 9. The molecule has 5 unspecified atom stereocenters. The highest BCUT2D eigenvalue weighted by Crippen LogP contribution is 2.66. The van der Waals surface area contributed by atoms with Crippen molar-refractivity contribution in [1.29, 1.82) is 0 Å². The Morgan fingerprint density at radius 2 is 0.755 bits per heavy atom. The highest BCUT2D eigenvalue weighted by atomic mass is 35.5. The van der Waals surface area contributed by atoms with Crippen molar-refractivity contribution < 1.29 is 53.2 Å². The molecule has 12 N–H and O–H groups in total. The summed E-state index contributed by atoms with van der Waals surface area (Å²) >= 11 is 11.2. The Bertz CT molecular complexity index is 6270. The number of nitrogens with one attached hydrogen (secondary N) is 4. The van der Waals surface area contributed by atoms with E-state index in [1.165, 1.54) is 93.4 Å². The van der Waals surface area contributed by atoms with E-state index >= 15 is 0 Å². The van der Waals surface area contributed by atoms with Gasteiger partial charge in [0.05, 0.1) is 49.9 Å². The van der Waals surface area contributed by atoms with Crippen molar-refractivity contribution in [3.05, 3.63) is 237 Å². The van der Waals surface area contributed by atoms with Crippen molar-refractivity contribution in [2.24, 2.45) is 67.7 Å². The van der Waals surface area contributed by atoms with Crippen LogP contribution >= 0.6 is 23.8 Å². The highest BCUT2D eigenvalue weighted by molar-refractivity contribution is 7.80. The molecule has 30 nitrogen and oxygen atoms in total. The van der Waals surface area contributed by atoms with Gasteiger partial charge in [-0.2, -0.15) is 0 Å². The van der Waals surface area contributed by atoms with Gasteiger partial charge in [0.25, 0.3) is 23.6 Å². The third-order valence-corrected chi connectivity index (χ3v) is 32.8. The Balaban J connectivity index is 0.000000126. The number of hydrogen-bond acceptors (Lipinski definition) is 25. The fraction of sp³-hybridized carbons (Fsp3) is 0.505. The van der Waals surface area contributed by atoms with E-state index in [0.29, 0.717) is 54.3 Å². The SMILES string of the molecule is C.CCO.COC1CCC2(CC1)Cc1ccc(C#CC3CC3)cc1C21N=C(N)N(Cc2cncnc2)C1=O.COC1CCC2(CC1)Cc1ccc(C#CC3CC3)cc1C21NC(=O)NC1=O.COC1CCC2(CC1)Cc1ccc(C#CC3CC3)cc1C21NC(=S)N(Cc2cncnc2)C1=O.COC1CCC2(CC1)Cc1ccc(C#CC3CC3)cc1C21NC(N)N(Cc2cncnc2)C1=O.ClCc1cncnc1.NO. The molecule has 4 aliphatic heterocycles. The van der Waals surface area contributed by atoms with Gasteiger partial charge in [0.2, 0.25) is 0 Å². The van der Waals surface area contributed by atoms with E-state index in [1.807, 2.05) is 6.07 Å². The maximum absolute atomic E-state index is 14.4. The molecule has 3 saturated heterocycles. The number of urea groups is 1. The minimum absolute atomic E-state index is 0. The van der Waals surface area contributed by atoms with Crippen LogP contribution in [0.15, 0.2) is 153 Å². The maximum atomic E-state index is 14.4. The average Bonchev–Trinajstić information content (AvgIpc) is 1.53. The smallest absolute Gasteiger partial charge is 0.322 e. The molecule has 16 aliphatic rings. The van der Waals surface area contributed by atoms with Crippen LogP contribution in [0.2, 0.25) is 0 Å². The van der Waals surface area contributed by atoms with Crippen LogP contribution < -0.4 is 38.6 Å². The summed E-state index contributed by atoms with van der Waals surface area (Å²) in [5.74, 6) is 32.9. The van der Waals surface area contributed by atoms with Gasteiger partial charge in [-0.15, -0.1) is 11.6 Å². The molecular weight excluding hydrogens is 1840 g/mol. The van der Waals surface area contributed by atoms with Gasteiger partial charge in [-0.3, -0.25) is 45.3 Å². The Labute approximate surface area is 847 Å². The molecule has 8 heterocycles. The van der Waals surface area contributed by atoms with Crippen LogP contribution in [-0.2, 0) is 111 Å². The maximum Gasteiger partial charge on any atom is 0.322 e. The van der Waals surface area contributed by atoms with Crippen LogP contribution in [-0.4, -0.2) is 171 Å². The minimum Gasteiger partial charge on any atom is -0.397 e. The molecule has 8 aromatic rings. The number of ether oxygens (including phenoxy) is 4. The van der Waals surface area contributed by atoms with Gasteiger partial charge >= 0.3 is 6.03 Å². The summed E-state index contributed by atoms with van der Waals surface area (Å²) in [7, 11) is 7.08. The van der Waals surface area contributed by atoms with Gasteiger partial charge in [0, 0.05) is 174 Å². The molecule has 4 aromatic heterocycles. The van der Waals surface area contributed by atoms with E-state index in [1.54, 1.807) is 99.6 Å². The molecule has 6 amide bonds. The molecule has 748 valence electrons. The lowest BCUT2D eigenvalue weighted by Gasteiger charge is -2.46. The number of imide groups is 1. The lowest BCUT2D eigenvalue weighted by Crippen LogP contribution is -2.57. The third kappa shape index (κ3) is 20.1. The zero-order valence-electron chi connectivity index (χ0n) is 81.3. The van der Waals surface area contributed by atoms with Crippen molar-refractivity contribution in [1.82, 2.24) is 75.8 Å². The first kappa shape index (κ1) is 103. The normalized spacial score (nSPS) is 29.0. The molecular formula is C111H130ClN19O11S. The number of benzene rings is 4. The van der Waals surface area contributed by atoms with Crippen molar-refractivity contribution in [2.45, 2.75) is 273 Å². The van der Waals surface area contributed by atoms with Crippen LogP contribution in [0.5, 0.6) is 0 Å². The van der Waals surface area contributed by atoms with Gasteiger partial charge in [0.15, 0.2) is 27.7 Å². The number of thiocarbonyl (C=S) groups is 1. The molecule has 0 bridgehead atoms. The van der Waals surface area contributed by atoms with Gasteiger partial charge in [-0.25, -0.2) is 55.6 Å². The van der Waals surface area contributed by atoms with Crippen LogP contribution in [0.1, 0.15) is 257 Å². The summed E-state index contributed by atoms with van der Waals surface area (Å²) in [5, 5.41) is 27.3. The van der Waals surface area contributed by atoms with Gasteiger partial charge in [-0.1, -0.05) is 79.1 Å². The number of aliphatic hydroxyl groups is 1. The summed E-state index contributed by atoms with van der Waals surface area (Å²) < 4.78 is 22.6. The zero-order valence-corrected chi connectivity index (χ0v) is 82.9. The number of aromatic nitrogens is 8. The molecule has 5 atom stereocenters. The molecule has 12 aliphatic carbocycles. The molecule has 24 rings (SSSR count). The van der Waals surface area contributed by atoms with Gasteiger partial charge in [-0.05, 0) is 292 Å². The number of rotatable bonds is 11. The van der Waals surface area contributed by atoms with Crippen LogP contribution in [0.3, 0.4) is 0 Å². The lowest BCUT2D eigenvalue weighted by molar-refractivity contribution is -0.140. The quantitative estimate of drug-likeness (QED) is 0.0191. The van der Waals surface area contributed by atoms with Crippen LogP contribution in [0.25, 0.3) is 0 Å². The molecule has 0 radical (unpaired) electrons. The fourth-order valence-corrected chi connectivity index (χ4v) is 24.7. The molecule has 11 fully saturated rings. The number of fused-ring (bicyclic) bond motifs is 12. The van der Waals surface area contributed by atoms with Crippen molar-refractivity contribution in [3.8, 4) is 47.4 Å². The largest absolute Gasteiger partial charge is 0.397 e. The summed E-state index contributed by atoms with van der Waals surface area (Å²) in [6, 6.07) is 25.0. The Morgan fingerprint density at radius 1 is 0.434 bits per heavy atom. The number of amides is 6. The Morgan fingerprint density at radius 3 is 1.11 bits per heavy atom. The molecule has 32 heteroatoms. The van der Waals surface area contributed by atoms with Crippen molar-refractivity contribution in [3.63, 3.8) is 0 Å². The van der Waals surface area contributed by atoms with E-state index in [0.717, 1.165) is 201 Å². The van der Waals surface area contributed by atoms with E-state index in [9.17, 15) is 24.0 Å². The molecule has 4 aromatic carbocycles. The number of alkyl halides is 1. The number of nitrogens with two attached hydrogens (primary N) is 3. The number of carbonyl (C=O) groups excluding carboxylic acids is 5. The number of aliphatic hydroxyl groups excluding tert-OH is 1. The van der Waals surface area contributed by atoms with Gasteiger partial charge < -0.3 is 50.5 Å². The third-order valence-electron chi connectivity index (χ3n) is 32.2. The van der Waals surface area contributed by atoms with Crippen molar-refractivity contribution >= 4 is 64.6 Å². The Hall–Kier alpha value is -11.9. The standard InChI is InChI=1S/C27H31N5O2.C27H29N5O2.C27H28N4O2S.C22H24N2O3.C5H5ClN2.C2H6O.CH4.H3NO/c2*1-34-22-8-10-26(11-9-22)13-21-7-6-19(5-4-18-2-3-18)12-23(21)27(26)24(33)32(25(28)31-27)16-20-14-29-17-30-15-20;1-33-22-8-10-26(11-9-22)13-21-7-6-19(5-4-18-2-3-18)12-23(21)27(26)24(32)31(25(34)30-27)16-20-14-28-17-29-15-20;1-27-17-8-10-21(11-9-17)13-16-7-6-15(5-4-14-2-3-14)12-18(16)22(21)19(25)23-20(26)24-22;6-1-5-2-7-4-8-3-5;1-2-3;;1-2/h6-7,12,14-15,17-18,22,25,31H,2-3,8-11,13,16,28H2,1H3;6-7,12,14-15,17-18,22H,2-3,8-11,13,16H2,1H3,(H2,28,31);6-7,12,14-15,17-18,22H,2-3,8-11,13,16H2,1H3,(H,30,34);6-7,12,14,17H,2-3,8-11,13H2,1H3,(H2,23,24,25,26);2-4H,1H2;3H,2H2,1H3;1H4;2H,1H2. The minimum atomic E-state index is -1.02. The lowest BCUT2D eigenvalue weighted by atomic mass is 9.61. The fourth-order valence-electron chi connectivity index (χ4n) is 24.3. The summed E-state index contributed by atoms with van der Waals surface area (Å²) in [6.07, 6.45) is 47.4. The van der Waals surface area contributed by atoms with E-state index in [-0.39, 0.29) is 89.7 Å². The molecule has 143 heavy (non-hydrogen) atoms. The topological polar surface area (TPSA) is 414 Å². The van der Waals surface area contributed by atoms with E-state index in [4.69, 9.17) is 69.5 Å². The van der Waals surface area contributed by atoms with Crippen LogP contribution in [0, 0.1) is 92.7 Å². The second-order valence-electron chi connectivity index (χ2n) is 40.7. The van der Waals surface area contributed by atoms with E-state index in [2.05, 4.69) is 181 Å². The van der Waals surface area contributed by atoms with Crippen LogP contribution in [0.4, 0.5) is 4.79 Å². The Kier molecular flexibility index (Phi) is 31.2. The van der Waals surface area contributed by atoms with Crippen molar-refractivity contribution in [2.75, 3.05) is 35.0 Å². The number of aliphatic imine (C=N–C) groups is 1. The first-order chi connectivity index (χ1) is 69.0. The second-order valence-corrected chi connectivity index (χ2v) is 41.4. The number of guanidine groups is 1. The zero-order chi connectivity index (χ0) is 99.2. The number of carbonyl (C=O) groups is 5. The molecule has 8 spiro atoms. The number of methoxy groups -OCH3 is 4. The average molecular weight is 1970 g/mol. The monoisotopic (exact) mass is 1970 g/mol. The first-order valence-electron chi connectivity index (χ1n) is 49.9. The van der Waals surface area contributed by atoms with Gasteiger partial charge in [0.1, 0.15) is 37.1 Å². The first-order valence-corrected chi connectivity index (χ1v) is 50.9.